The first kappa shape index (κ1) is 28.4. The number of aliphatic hydroxyl groups is 1. The molecule has 0 saturated heterocycles. The molecule has 1 aliphatic carbocycles. The monoisotopic (exact) mass is 571 g/mol. The van der Waals surface area contributed by atoms with E-state index in [2.05, 4.69) is 40.5 Å². The minimum atomic E-state index is -0.405. The second kappa shape index (κ2) is 11.4. The normalized spacial score (nSPS) is 18.8. The highest BCUT2D eigenvalue weighted by Crippen LogP contribution is 2.44. The lowest BCUT2D eigenvalue weighted by Crippen LogP contribution is -2.33. The summed E-state index contributed by atoms with van der Waals surface area (Å²) in [5.41, 5.74) is 3.90. The number of hydrogen-bond donors (Lipinski definition) is 3. The maximum Gasteiger partial charge on any atom is 0.329 e. The molecule has 1 fully saturated rings. The molecule has 1 radical (unpaired) electrons. The average Bonchev–Trinajstić information content (AvgIpc) is 3.47. The Bertz CT molecular complexity index is 1560. The van der Waals surface area contributed by atoms with Gasteiger partial charge in [0.25, 0.3) is 5.91 Å². The average molecular weight is 572 g/mol. The third-order valence-corrected chi connectivity index (χ3v) is 7.84. The number of nitriles is 1. The first-order chi connectivity index (χ1) is 19.6. The van der Waals surface area contributed by atoms with Crippen molar-refractivity contribution in [2.75, 3.05) is 23.8 Å². The van der Waals surface area contributed by atoms with Gasteiger partial charge in [0.2, 0.25) is 5.95 Å². The number of fused-ring (bicyclic) bond motifs is 1. The Morgan fingerprint density at radius 1 is 1.32 bits per heavy atom. The van der Waals surface area contributed by atoms with Gasteiger partial charge in [0.15, 0.2) is 0 Å². The maximum absolute atomic E-state index is 12.9. The number of benzene rings is 2. The van der Waals surface area contributed by atoms with Crippen LogP contribution < -0.4 is 20.2 Å². The highest BCUT2D eigenvalue weighted by molar-refractivity contribution is 6.70. The Labute approximate surface area is 244 Å². The molecule has 1 aromatic heterocycles. The molecular weight excluding hydrogens is 543 g/mol. The van der Waals surface area contributed by atoms with E-state index in [1.165, 1.54) is 14.5 Å². The molecule has 3 aromatic rings. The number of aromatic nitrogens is 2. The Balaban J connectivity index is 1.43. The fourth-order valence-corrected chi connectivity index (χ4v) is 5.78. The van der Waals surface area contributed by atoms with E-state index in [-0.39, 0.29) is 33.9 Å². The predicted molar refractivity (Wildman–Crippen MR) is 157 cm³/mol. The van der Waals surface area contributed by atoms with Gasteiger partial charge in [-0.2, -0.15) is 5.26 Å². The molecule has 1 amide bonds. The van der Waals surface area contributed by atoms with Crippen molar-refractivity contribution in [2.45, 2.75) is 50.7 Å². The molecule has 2 heterocycles. The Morgan fingerprint density at radius 3 is 2.80 bits per heavy atom. The van der Waals surface area contributed by atoms with Crippen LogP contribution in [0.1, 0.15) is 54.6 Å². The summed E-state index contributed by atoms with van der Waals surface area (Å²) in [6.07, 6.45) is 3.81. The van der Waals surface area contributed by atoms with Crippen LogP contribution in [0.2, 0.25) is 5.02 Å². The number of anilines is 3. The zero-order valence-corrected chi connectivity index (χ0v) is 23.7. The smallest absolute Gasteiger partial charge is 0.329 e. The quantitative estimate of drug-likeness (QED) is 0.270. The number of ether oxygens (including phenoxy) is 1. The molecular formula is C29H29BClN6O4. The van der Waals surface area contributed by atoms with Gasteiger partial charge in [-0.25, -0.2) is 9.97 Å². The van der Waals surface area contributed by atoms with E-state index in [4.69, 9.17) is 16.3 Å². The number of hydrogen-bond acceptors (Lipinski definition) is 9. The zero-order valence-electron chi connectivity index (χ0n) is 22.9. The summed E-state index contributed by atoms with van der Waals surface area (Å²) in [6.45, 7) is 4.71. The lowest BCUT2D eigenvalue weighted by atomic mass is 9.84. The number of carbonyl (C=O) groups is 2. The highest BCUT2D eigenvalue weighted by Gasteiger charge is 2.37. The van der Waals surface area contributed by atoms with Gasteiger partial charge in [-0.1, -0.05) is 25.4 Å². The summed E-state index contributed by atoms with van der Waals surface area (Å²) in [4.78, 5) is 34.9. The van der Waals surface area contributed by atoms with Crippen LogP contribution in [0.3, 0.4) is 0 Å². The molecule has 2 atom stereocenters. The van der Waals surface area contributed by atoms with E-state index in [0.717, 1.165) is 23.0 Å². The largest absolute Gasteiger partial charge is 0.495 e. The number of methoxy groups -OCH3 is 1. The summed E-state index contributed by atoms with van der Waals surface area (Å²) in [5.74, 6) is 0.301. The van der Waals surface area contributed by atoms with Gasteiger partial charge in [0, 0.05) is 35.4 Å². The van der Waals surface area contributed by atoms with Gasteiger partial charge in [-0.3, -0.25) is 4.79 Å². The van der Waals surface area contributed by atoms with Gasteiger partial charge in [-0.15, -0.1) is 0 Å². The van der Waals surface area contributed by atoms with Gasteiger partial charge in [0.1, 0.15) is 18.0 Å². The molecule has 12 heteroatoms. The molecule has 2 aromatic carbocycles. The number of carbonyl (C=O) groups excluding carboxylic acids is 2. The summed E-state index contributed by atoms with van der Waals surface area (Å²) in [6, 6.07) is 10.8. The van der Waals surface area contributed by atoms with E-state index in [1.807, 2.05) is 10.9 Å². The van der Waals surface area contributed by atoms with Crippen LogP contribution in [0.25, 0.3) is 11.3 Å². The van der Waals surface area contributed by atoms with Crippen molar-refractivity contribution in [3.63, 3.8) is 0 Å². The van der Waals surface area contributed by atoms with Gasteiger partial charge >= 0.3 is 7.41 Å². The van der Waals surface area contributed by atoms with Crippen LogP contribution in [-0.4, -0.2) is 60.4 Å². The summed E-state index contributed by atoms with van der Waals surface area (Å²) < 4.78 is 5.53. The van der Waals surface area contributed by atoms with E-state index in [0.29, 0.717) is 48.5 Å². The second-order valence-electron chi connectivity index (χ2n) is 10.9. The van der Waals surface area contributed by atoms with Crippen LogP contribution in [0.5, 0.6) is 5.75 Å². The second-order valence-corrected chi connectivity index (χ2v) is 11.3. The third-order valence-electron chi connectivity index (χ3n) is 7.52. The fraction of sp³-hybridized carbons (Fsp3) is 0.345. The van der Waals surface area contributed by atoms with Crippen molar-refractivity contribution in [1.29, 1.82) is 5.26 Å². The molecule has 1 saturated carbocycles. The van der Waals surface area contributed by atoms with Crippen LogP contribution in [-0.2, 0) is 10.2 Å². The van der Waals surface area contributed by atoms with E-state index >= 15 is 0 Å². The first-order valence-corrected chi connectivity index (χ1v) is 13.6. The SMILES string of the molecule is COc1cc(C(=O)NC2CCC(O)C2)c(Cl)cc1Nc1nccc(-c2cc(C#N)c3c(c2)C(C)(C)CN3[B]C=O)n1. The van der Waals surface area contributed by atoms with Gasteiger partial charge < -0.3 is 30.1 Å². The van der Waals surface area contributed by atoms with Crippen LogP contribution in [0, 0.1) is 11.3 Å². The molecule has 2 unspecified atom stereocenters. The topological polar surface area (TPSA) is 140 Å². The minimum Gasteiger partial charge on any atom is -0.495 e. The van der Waals surface area contributed by atoms with Gasteiger partial charge in [-0.05, 0) is 55.2 Å². The number of rotatable bonds is 8. The van der Waals surface area contributed by atoms with Crippen LogP contribution in [0.4, 0.5) is 17.3 Å². The van der Waals surface area contributed by atoms with Crippen molar-refractivity contribution in [3.05, 3.63) is 58.2 Å². The van der Waals surface area contributed by atoms with Crippen molar-refractivity contribution in [2.24, 2.45) is 0 Å². The molecule has 5 rings (SSSR count). The molecule has 3 N–H and O–H groups in total. The number of nitrogens with zero attached hydrogens (tertiary/aromatic N) is 4. The van der Waals surface area contributed by atoms with Crippen LogP contribution >= 0.6 is 11.6 Å². The fourth-order valence-electron chi connectivity index (χ4n) is 5.53. The standard InChI is InChI=1S/C29H29BClN6O4/c1-29(2)14-37(30-15-38)26-17(13-32)8-16(9-21(26)29)23-6-7-33-28(35-23)36-24-12-22(31)20(11-25(24)41-3)27(40)34-18-4-5-19(39)10-18/h6-9,11-12,15,18-19,39H,4-5,10,14H2,1-3H3,(H,34,40)(H,33,35,36). The number of amides is 1. The van der Waals surface area contributed by atoms with Crippen molar-refractivity contribution >= 4 is 48.4 Å². The minimum absolute atomic E-state index is 0.105. The lowest BCUT2D eigenvalue weighted by molar-refractivity contribution is 0.0933. The van der Waals surface area contributed by atoms with Crippen LogP contribution in [0.15, 0.2) is 36.5 Å². The molecule has 10 nitrogen and oxygen atoms in total. The number of aliphatic hydroxyl groups excluding tert-OH is 1. The third kappa shape index (κ3) is 5.71. The molecule has 41 heavy (non-hydrogen) atoms. The lowest BCUT2D eigenvalue weighted by Gasteiger charge is -2.20. The van der Waals surface area contributed by atoms with Crippen molar-refractivity contribution in [3.8, 4) is 23.1 Å². The maximum atomic E-state index is 12.9. The number of halogens is 1. The first-order valence-electron chi connectivity index (χ1n) is 13.2. The van der Waals surface area contributed by atoms with Gasteiger partial charge in [0.05, 0.1) is 40.7 Å². The molecule has 0 bridgehead atoms. The van der Waals surface area contributed by atoms with Crippen molar-refractivity contribution < 1.29 is 19.4 Å². The Morgan fingerprint density at radius 2 is 2.12 bits per heavy atom. The summed E-state index contributed by atoms with van der Waals surface area (Å²) in [5, 5.41) is 26.0. The summed E-state index contributed by atoms with van der Waals surface area (Å²) in [7, 11) is 2.94. The zero-order chi connectivity index (χ0) is 29.3. The molecule has 1 aliphatic heterocycles. The van der Waals surface area contributed by atoms with Crippen molar-refractivity contribution in [1.82, 2.24) is 15.3 Å². The predicted octanol–water partition coefficient (Wildman–Crippen LogP) is 3.97. The molecule has 209 valence electrons. The Hall–Kier alpha value is -4.14. The summed E-state index contributed by atoms with van der Waals surface area (Å²) >= 11 is 6.50. The van der Waals surface area contributed by atoms with E-state index in [9.17, 15) is 20.0 Å². The van der Waals surface area contributed by atoms with E-state index in [1.54, 1.807) is 30.5 Å². The Kier molecular flexibility index (Phi) is 7.89. The highest BCUT2D eigenvalue weighted by atomic mass is 35.5. The number of nitrogens with one attached hydrogen (secondary N) is 2. The molecule has 0 spiro atoms. The van der Waals surface area contributed by atoms with E-state index < -0.39 is 6.10 Å². The molecule has 2 aliphatic rings.